The fourth-order valence-corrected chi connectivity index (χ4v) is 0.414. The van der Waals surface area contributed by atoms with Crippen LogP contribution in [0.3, 0.4) is 0 Å². The van der Waals surface area contributed by atoms with Crippen LogP contribution in [0.1, 0.15) is 20.3 Å². The Hall–Kier alpha value is -0.0500. The van der Waals surface area contributed by atoms with E-state index in [1.807, 2.05) is 39.9 Å². The molecule has 0 fully saturated rings. The third-order valence-electron chi connectivity index (χ3n) is 0.832. The molecule has 3 heteroatoms. The Bertz CT molecular complexity index is 123. The Morgan fingerprint density at radius 3 is 2.08 bits per heavy atom. The highest BCUT2D eigenvalue weighted by Gasteiger charge is 1.98. The van der Waals surface area contributed by atoms with E-state index in [9.17, 15) is 0 Å². The van der Waals surface area contributed by atoms with Crippen LogP contribution in [0, 0.1) is 0 Å². The van der Waals surface area contributed by atoms with E-state index in [0.717, 1.165) is 12.0 Å². The van der Waals surface area contributed by atoms with Crippen molar-refractivity contribution in [2.24, 2.45) is 0 Å². The van der Waals surface area contributed by atoms with Gasteiger partial charge in [0.1, 0.15) is 5.56 Å². The quantitative estimate of drug-likeness (QED) is 0.519. The number of ether oxygens (including phenoxy) is 1. The summed E-state index contributed by atoms with van der Waals surface area (Å²) in [5.74, 6) is 0. The van der Waals surface area contributed by atoms with Gasteiger partial charge >= 0.3 is 0 Å². The maximum atomic E-state index is 5.65. The Kier molecular flexibility index (Phi) is 11.9. The van der Waals surface area contributed by atoms with Crippen LogP contribution in [0.2, 0.25) is 0 Å². The molecular formula is C10H22ClNO. The monoisotopic (exact) mass is 207 g/mol. The maximum Gasteiger partial charge on any atom is 0.131 e. The molecule has 0 radical (unpaired) electrons. The summed E-state index contributed by atoms with van der Waals surface area (Å²) in [5, 5.41) is 0. The molecular weight excluding hydrogens is 186 g/mol. The predicted octanol–water partition coefficient (Wildman–Crippen LogP) is 2.73. The first kappa shape index (κ1) is 15.4. The van der Waals surface area contributed by atoms with Gasteiger partial charge < -0.3 is 9.64 Å². The summed E-state index contributed by atoms with van der Waals surface area (Å²) < 4.78 is 5.12. The molecule has 0 aliphatic carbocycles. The lowest BCUT2D eigenvalue weighted by Crippen LogP contribution is -2.04. The summed E-state index contributed by atoms with van der Waals surface area (Å²) in [4.78, 5) is 2.00. The number of nitrogens with zero attached hydrogens (tertiary/aromatic N) is 1. The number of hydrogen-bond donors (Lipinski definition) is 0. The summed E-state index contributed by atoms with van der Waals surface area (Å²) >= 11 is 5.65. The zero-order valence-corrected chi connectivity index (χ0v) is 10.2. The number of alkyl halides is 1. The van der Waals surface area contributed by atoms with Crippen LogP contribution in [0.15, 0.2) is 12.2 Å². The van der Waals surface area contributed by atoms with E-state index in [-0.39, 0.29) is 5.56 Å². The minimum Gasteiger partial charge on any atom is -0.358 e. The third-order valence-corrected chi connectivity index (χ3v) is 1.27. The Labute approximate surface area is 87.5 Å². The van der Waals surface area contributed by atoms with Gasteiger partial charge in [0, 0.05) is 0 Å². The third kappa shape index (κ3) is 24.5. The molecule has 0 heterocycles. The van der Waals surface area contributed by atoms with Crippen LogP contribution in [0.4, 0.5) is 0 Å². The van der Waals surface area contributed by atoms with Crippen LogP contribution in [0.25, 0.3) is 0 Å². The van der Waals surface area contributed by atoms with Gasteiger partial charge in [-0.1, -0.05) is 30.7 Å². The molecule has 80 valence electrons. The molecule has 0 bridgehead atoms. The molecule has 1 atom stereocenters. The van der Waals surface area contributed by atoms with E-state index in [0.29, 0.717) is 6.61 Å². The van der Waals surface area contributed by atoms with E-state index in [1.165, 1.54) is 0 Å². The highest BCUT2D eigenvalue weighted by atomic mass is 35.5. The van der Waals surface area contributed by atoms with Crippen LogP contribution in [-0.4, -0.2) is 38.2 Å². The lowest BCUT2D eigenvalue weighted by atomic mass is 10.4. The Morgan fingerprint density at radius 2 is 1.85 bits per heavy atom. The van der Waals surface area contributed by atoms with Crippen molar-refractivity contribution in [2.45, 2.75) is 25.8 Å². The highest BCUT2D eigenvalue weighted by Crippen LogP contribution is 2.03. The summed E-state index contributed by atoms with van der Waals surface area (Å²) in [6.07, 6.45) is 0.842. The van der Waals surface area contributed by atoms with Crippen molar-refractivity contribution in [3.8, 4) is 0 Å². The number of halogens is 1. The van der Waals surface area contributed by atoms with Crippen LogP contribution >= 0.6 is 11.6 Å². The van der Waals surface area contributed by atoms with E-state index >= 15 is 0 Å². The summed E-state index contributed by atoms with van der Waals surface area (Å²) in [6.45, 7) is 8.15. The molecule has 0 rings (SSSR count). The largest absolute Gasteiger partial charge is 0.358 e. The highest BCUT2D eigenvalue weighted by molar-refractivity contribution is 6.19. The van der Waals surface area contributed by atoms with Crippen LogP contribution < -0.4 is 0 Å². The van der Waals surface area contributed by atoms with Gasteiger partial charge in [-0.15, -0.1) is 0 Å². The van der Waals surface area contributed by atoms with Crippen molar-refractivity contribution in [2.75, 3.05) is 27.7 Å². The van der Waals surface area contributed by atoms with Gasteiger partial charge in [0.15, 0.2) is 0 Å². The second-order valence-corrected chi connectivity index (χ2v) is 3.91. The predicted molar refractivity (Wildman–Crippen MR) is 60.3 cm³/mol. The molecule has 13 heavy (non-hydrogen) atoms. The van der Waals surface area contributed by atoms with Crippen LogP contribution in [0.5, 0.6) is 0 Å². The first-order chi connectivity index (χ1) is 5.90. The van der Waals surface area contributed by atoms with Crippen LogP contribution in [-0.2, 0) is 4.74 Å². The molecule has 0 saturated carbocycles. The van der Waals surface area contributed by atoms with Gasteiger partial charge in [-0.05, 0) is 34.5 Å². The standard InChI is InChI=1S/C7H13ClO.C3H9N/c1-4-7(8)9-5-6(2)3;1-4(2)3/h7H,2,4-5H2,1,3H3;1-3H3. The number of rotatable bonds is 4. The minimum atomic E-state index is -0.151. The minimum absolute atomic E-state index is 0.151. The van der Waals surface area contributed by atoms with Gasteiger partial charge in [-0.3, -0.25) is 0 Å². The first-order valence-corrected chi connectivity index (χ1v) is 4.84. The molecule has 0 amide bonds. The zero-order chi connectivity index (χ0) is 10.9. The van der Waals surface area contributed by atoms with Crippen molar-refractivity contribution in [1.29, 1.82) is 0 Å². The van der Waals surface area contributed by atoms with Crippen molar-refractivity contribution >= 4 is 11.6 Å². The average molecular weight is 208 g/mol. The Morgan fingerprint density at radius 1 is 1.46 bits per heavy atom. The lowest BCUT2D eigenvalue weighted by Gasteiger charge is -2.06. The molecule has 1 unspecified atom stereocenters. The van der Waals surface area contributed by atoms with Gasteiger partial charge in [-0.2, -0.15) is 0 Å². The molecule has 2 nitrogen and oxygen atoms in total. The van der Waals surface area contributed by atoms with Crippen molar-refractivity contribution in [3.05, 3.63) is 12.2 Å². The fourth-order valence-electron chi connectivity index (χ4n) is 0.351. The topological polar surface area (TPSA) is 12.5 Å². The lowest BCUT2D eigenvalue weighted by molar-refractivity contribution is 0.125. The Balaban J connectivity index is 0. The molecule has 0 aliphatic heterocycles. The SMILES string of the molecule is C=C(C)COC(Cl)CC.CN(C)C. The van der Waals surface area contributed by atoms with E-state index in [4.69, 9.17) is 16.3 Å². The molecule has 0 spiro atoms. The summed E-state index contributed by atoms with van der Waals surface area (Å²) in [6, 6.07) is 0. The van der Waals surface area contributed by atoms with E-state index in [1.54, 1.807) is 0 Å². The van der Waals surface area contributed by atoms with Gasteiger partial charge in [0.25, 0.3) is 0 Å². The zero-order valence-electron chi connectivity index (χ0n) is 9.43. The van der Waals surface area contributed by atoms with Crippen molar-refractivity contribution in [1.82, 2.24) is 4.90 Å². The second kappa shape index (κ2) is 10.0. The van der Waals surface area contributed by atoms with Crippen molar-refractivity contribution in [3.63, 3.8) is 0 Å². The summed E-state index contributed by atoms with van der Waals surface area (Å²) in [7, 11) is 6.00. The average Bonchev–Trinajstić information content (AvgIpc) is 1.99. The van der Waals surface area contributed by atoms with E-state index < -0.39 is 0 Å². The maximum absolute atomic E-state index is 5.65. The molecule has 0 saturated heterocycles. The summed E-state index contributed by atoms with van der Waals surface area (Å²) in [5.41, 5.74) is 0.857. The number of hydrogen-bond acceptors (Lipinski definition) is 2. The van der Waals surface area contributed by atoms with E-state index in [2.05, 4.69) is 6.58 Å². The first-order valence-electron chi connectivity index (χ1n) is 4.41. The molecule has 0 aliphatic rings. The fraction of sp³-hybridized carbons (Fsp3) is 0.800. The molecule has 0 aromatic rings. The smallest absolute Gasteiger partial charge is 0.131 e. The second-order valence-electron chi connectivity index (χ2n) is 3.43. The normalized spacial score (nSPS) is 11.9. The molecule has 0 N–H and O–H groups in total. The molecule has 0 aromatic heterocycles. The van der Waals surface area contributed by atoms with Gasteiger partial charge in [0.2, 0.25) is 0 Å². The molecule has 0 aromatic carbocycles. The van der Waals surface area contributed by atoms with Crippen molar-refractivity contribution < 1.29 is 4.74 Å². The van der Waals surface area contributed by atoms with Gasteiger partial charge in [0.05, 0.1) is 6.61 Å². The van der Waals surface area contributed by atoms with Gasteiger partial charge in [-0.25, -0.2) is 0 Å².